The second-order valence-electron chi connectivity index (χ2n) is 4.30. The summed E-state index contributed by atoms with van der Waals surface area (Å²) in [5, 5.41) is 12.7. The SMILES string of the molecule is Cc1cc(NCC(C)(C)O)cc(C)n1. The number of aryl methyl sites for hydroxylation is 2. The van der Waals surface area contributed by atoms with Gasteiger partial charge in [0.25, 0.3) is 0 Å². The molecule has 14 heavy (non-hydrogen) atoms. The average Bonchev–Trinajstić information content (AvgIpc) is 1.97. The number of aromatic nitrogens is 1. The second kappa shape index (κ2) is 3.96. The average molecular weight is 194 g/mol. The molecule has 0 unspecified atom stereocenters. The van der Waals surface area contributed by atoms with Crippen LogP contribution >= 0.6 is 0 Å². The third-order valence-corrected chi connectivity index (χ3v) is 1.81. The minimum Gasteiger partial charge on any atom is -0.389 e. The van der Waals surface area contributed by atoms with Gasteiger partial charge in [-0.1, -0.05) is 0 Å². The highest BCUT2D eigenvalue weighted by molar-refractivity contribution is 5.45. The molecule has 0 spiro atoms. The Morgan fingerprint density at radius 3 is 2.21 bits per heavy atom. The minimum atomic E-state index is -0.689. The number of hydrogen-bond donors (Lipinski definition) is 2. The fourth-order valence-electron chi connectivity index (χ4n) is 1.25. The molecule has 78 valence electrons. The maximum absolute atomic E-state index is 9.54. The van der Waals surface area contributed by atoms with Crippen LogP contribution in [0.2, 0.25) is 0 Å². The minimum absolute atomic E-state index is 0.538. The maximum atomic E-state index is 9.54. The zero-order valence-corrected chi connectivity index (χ0v) is 9.26. The Kier molecular flexibility index (Phi) is 3.11. The first-order chi connectivity index (χ1) is 6.37. The summed E-state index contributed by atoms with van der Waals surface area (Å²) in [5.74, 6) is 0. The van der Waals surface area contributed by atoms with Gasteiger partial charge in [0.05, 0.1) is 5.60 Å². The van der Waals surface area contributed by atoms with Crippen molar-refractivity contribution >= 4 is 5.69 Å². The lowest BCUT2D eigenvalue weighted by Gasteiger charge is -2.18. The van der Waals surface area contributed by atoms with E-state index in [1.54, 1.807) is 13.8 Å². The van der Waals surface area contributed by atoms with Crippen molar-refractivity contribution in [1.29, 1.82) is 0 Å². The van der Waals surface area contributed by atoms with E-state index in [0.717, 1.165) is 17.1 Å². The van der Waals surface area contributed by atoms with Crippen LogP contribution in [0.5, 0.6) is 0 Å². The van der Waals surface area contributed by atoms with Crippen molar-refractivity contribution in [1.82, 2.24) is 4.98 Å². The quantitative estimate of drug-likeness (QED) is 0.772. The Bertz CT molecular complexity index is 295. The molecule has 0 amide bonds. The molecular weight excluding hydrogens is 176 g/mol. The number of hydrogen-bond acceptors (Lipinski definition) is 3. The number of anilines is 1. The van der Waals surface area contributed by atoms with E-state index in [4.69, 9.17) is 0 Å². The van der Waals surface area contributed by atoms with Gasteiger partial charge in [-0.15, -0.1) is 0 Å². The van der Waals surface area contributed by atoms with E-state index in [1.165, 1.54) is 0 Å². The lowest BCUT2D eigenvalue weighted by atomic mass is 10.1. The van der Waals surface area contributed by atoms with Crippen LogP contribution in [0.3, 0.4) is 0 Å². The van der Waals surface area contributed by atoms with Gasteiger partial charge in [-0.25, -0.2) is 0 Å². The van der Waals surface area contributed by atoms with E-state index >= 15 is 0 Å². The van der Waals surface area contributed by atoms with E-state index < -0.39 is 5.60 Å². The van der Waals surface area contributed by atoms with Crippen molar-refractivity contribution in [3.05, 3.63) is 23.5 Å². The smallest absolute Gasteiger partial charge is 0.0763 e. The van der Waals surface area contributed by atoms with Crippen molar-refractivity contribution in [3.63, 3.8) is 0 Å². The Balaban J connectivity index is 2.68. The molecule has 0 aliphatic heterocycles. The molecule has 0 aliphatic carbocycles. The molecule has 0 atom stereocenters. The summed E-state index contributed by atoms with van der Waals surface area (Å²) in [6.45, 7) is 8.02. The van der Waals surface area contributed by atoms with E-state index in [0.29, 0.717) is 6.54 Å². The molecule has 0 saturated heterocycles. The van der Waals surface area contributed by atoms with Gasteiger partial charge in [0.2, 0.25) is 0 Å². The Morgan fingerprint density at radius 2 is 1.79 bits per heavy atom. The van der Waals surface area contributed by atoms with Crippen molar-refractivity contribution in [2.45, 2.75) is 33.3 Å². The van der Waals surface area contributed by atoms with E-state index in [9.17, 15) is 5.11 Å². The summed E-state index contributed by atoms with van der Waals surface area (Å²) in [6, 6.07) is 3.94. The van der Waals surface area contributed by atoms with Crippen LogP contribution in [0, 0.1) is 13.8 Å². The number of nitrogens with zero attached hydrogens (tertiary/aromatic N) is 1. The van der Waals surface area contributed by atoms with Gasteiger partial charge in [0, 0.05) is 23.6 Å². The molecule has 0 fully saturated rings. The first-order valence-electron chi connectivity index (χ1n) is 4.78. The van der Waals surface area contributed by atoms with E-state index in [-0.39, 0.29) is 0 Å². The molecule has 0 aliphatic rings. The molecule has 0 aromatic carbocycles. The van der Waals surface area contributed by atoms with Crippen molar-refractivity contribution in [2.24, 2.45) is 0 Å². The molecule has 2 N–H and O–H groups in total. The number of nitrogens with one attached hydrogen (secondary N) is 1. The molecule has 0 bridgehead atoms. The molecule has 0 radical (unpaired) electrons. The summed E-state index contributed by atoms with van der Waals surface area (Å²) < 4.78 is 0. The second-order valence-corrected chi connectivity index (χ2v) is 4.30. The summed E-state index contributed by atoms with van der Waals surface area (Å²) in [5.41, 5.74) is 2.30. The van der Waals surface area contributed by atoms with Crippen molar-refractivity contribution in [3.8, 4) is 0 Å². The van der Waals surface area contributed by atoms with E-state index in [2.05, 4.69) is 10.3 Å². The number of rotatable bonds is 3. The topological polar surface area (TPSA) is 45.1 Å². The summed E-state index contributed by atoms with van der Waals surface area (Å²) in [4.78, 5) is 4.28. The highest BCUT2D eigenvalue weighted by Gasteiger charge is 2.11. The van der Waals surface area contributed by atoms with Gasteiger partial charge in [0.15, 0.2) is 0 Å². The Morgan fingerprint density at radius 1 is 1.29 bits per heavy atom. The third-order valence-electron chi connectivity index (χ3n) is 1.81. The Labute approximate surface area is 85.2 Å². The van der Waals surface area contributed by atoms with Crippen LogP contribution in [0.15, 0.2) is 12.1 Å². The zero-order valence-electron chi connectivity index (χ0n) is 9.26. The fraction of sp³-hybridized carbons (Fsp3) is 0.545. The number of pyridine rings is 1. The standard InChI is InChI=1S/C11H18N2O/c1-8-5-10(6-9(2)13-8)12-7-11(3,4)14/h5-6,14H,7H2,1-4H3,(H,12,13). The first-order valence-corrected chi connectivity index (χ1v) is 4.78. The van der Waals surface area contributed by atoms with Gasteiger partial charge in [-0.3, -0.25) is 4.98 Å². The largest absolute Gasteiger partial charge is 0.389 e. The highest BCUT2D eigenvalue weighted by atomic mass is 16.3. The highest BCUT2D eigenvalue weighted by Crippen LogP contribution is 2.12. The van der Waals surface area contributed by atoms with Crippen LogP contribution in [-0.2, 0) is 0 Å². The molecule has 1 aromatic rings. The lowest BCUT2D eigenvalue weighted by Crippen LogP contribution is -2.29. The normalized spacial score (nSPS) is 11.5. The van der Waals surface area contributed by atoms with E-state index in [1.807, 2.05) is 26.0 Å². The Hall–Kier alpha value is -1.09. The van der Waals surface area contributed by atoms with Gasteiger partial charge < -0.3 is 10.4 Å². The summed E-state index contributed by atoms with van der Waals surface area (Å²) in [7, 11) is 0. The molecule has 1 rings (SSSR count). The van der Waals surface area contributed by atoms with Gasteiger partial charge in [-0.05, 0) is 39.8 Å². The molecule has 1 heterocycles. The van der Waals surface area contributed by atoms with Crippen LogP contribution < -0.4 is 5.32 Å². The summed E-state index contributed by atoms with van der Waals surface area (Å²) in [6.07, 6.45) is 0. The van der Waals surface area contributed by atoms with Gasteiger partial charge in [0.1, 0.15) is 0 Å². The maximum Gasteiger partial charge on any atom is 0.0763 e. The molecule has 1 aromatic heterocycles. The lowest BCUT2D eigenvalue weighted by molar-refractivity contribution is 0.0945. The molecular formula is C11H18N2O. The van der Waals surface area contributed by atoms with Crippen LogP contribution in [0.25, 0.3) is 0 Å². The van der Waals surface area contributed by atoms with Crippen LogP contribution in [0.4, 0.5) is 5.69 Å². The predicted octanol–water partition coefficient (Wildman–Crippen LogP) is 1.88. The van der Waals surface area contributed by atoms with Crippen LogP contribution in [0.1, 0.15) is 25.2 Å². The molecule has 3 heteroatoms. The van der Waals surface area contributed by atoms with Crippen molar-refractivity contribution in [2.75, 3.05) is 11.9 Å². The number of aliphatic hydroxyl groups is 1. The zero-order chi connectivity index (χ0) is 10.8. The summed E-state index contributed by atoms with van der Waals surface area (Å²) >= 11 is 0. The van der Waals surface area contributed by atoms with Crippen LogP contribution in [-0.4, -0.2) is 22.2 Å². The fourth-order valence-corrected chi connectivity index (χ4v) is 1.25. The van der Waals surface area contributed by atoms with Gasteiger partial charge in [-0.2, -0.15) is 0 Å². The van der Waals surface area contributed by atoms with Crippen molar-refractivity contribution < 1.29 is 5.11 Å². The first kappa shape index (κ1) is 11.0. The monoisotopic (exact) mass is 194 g/mol. The third kappa shape index (κ3) is 3.75. The van der Waals surface area contributed by atoms with Gasteiger partial charge >= 0.3 is 0 Å². The molecule has 3 nitrogen and oxygen atoms in total. The predicted molar refractivity (Wildman–Crippen MR) is 58.5 cm³/mol. The molecule has 0 saturated carbocycles.